The van der Waals surface area contributed by atoms with Crippen molar-refractivity contribution in [1.82, 2.24) is 30.4 Å². The number of anilines is 2. The first-order valence-corrected chi connectivity index (χ1v) is 17.5. The SMILES string of the molecule is COC(=O)COCCOCCCc1nnc(-c2cccc(Cl)c2Cl)c(N)n1.Cl.Nc1nc(CCCOCCOCC(=O)O)nnc1-c1cccc(Cl)c1Cl. The lowest BCUT2D eigenvalue weighted by atomic mass is 10.1. The van der Waals surface area contributed by atoms with Crippen molar-refractivity contribution in [2.45, 2.75) is 25.7 Å². The number of aromatic nitrogens is 6. The molecule has 54 heavy (non-hydrogen) atoms. The van der Waals surface area contributed by atoms with Crippen LogP contribution in [0.15, 0.2) is 36.4 Å². The summed E-state index contributed by atoms with van der Waals surface area (Å²) in [4.78, 5) is 29.6. The zero-order valence-corrected chi connectivity index (χ0v) is 32.9. The van der Waals surface area contributed by atoms with E-state index in [1.807, 2.05) is 0 Å². The van der Waals surface area contributed by atoms with Gasteiger partial charge in [0.1, 0.15) is 24.6 Å². The van der Waals surface area contributed by atoms with Crippen LogP contribution in [-0.4, -0.2) is 107 Å². The molecular formula is C33H39Cl5N8O8. The first-order valence-electron chi connectivity index (χ1n) is 16.0. The molecule has 0 spiro atoms. The summed E-state index contributed by atoms with van der Waals surface area (Å²) < 4.78 is 25.1. The fourth-order valence-corrected chi connectivity index (χ4v) is 4.97. The van der Waals surface area contributed by atoms with Crippen LogP contribution in [0.3, 0.4) is 0 Å². The summed E-state index contributed by atoms with van der Waals surface area (Å²) in [5.41, 5.74) is 13.9. The molecule has 0 aliphatic rings. The summed E-state index contributed by atoms with van der Waals surface area (Å²) in [5, 5.41) is 26.3. The van der Waals surface area contributed by atoms with Crippen LogP contribution in [0.1, 0.15) is 24.5 Å². The van der Waals surface area contributed by atoms with Gasteiger partial charge < -0.3 is 40.3 Å². The van der Waals surface area contributed by atoms with Gasteiger partial charge in [-0.05, 0) is 25.0 Å². The van der Waals surface area contributed by atoms with Crippen molar-refractivity contribution in [2.24, 2.45) is 0 Å². The Morgan fingerprint density at radius 2 is 1.07 bits per heavy atom. The highest BCUT2D eigenvalue weighted by Gasteiger charge is 2.15. The molecule has 0 aliphatic heterocycles. The maximum Gasteiger partial charge on any atom is 0.331 e. The Hall–Kier alpha value is -3.71. The minimum absolute atomic E-state index is 0. The zero-order chi connectivity index (χ0) is 38.6. The quantitative estimate of drug-likeness (QED) is 0.0740. The Kier molecular flexibility index (Phi) is 21.8. The molecule has 0 atom stereocenters. The van der Waals surface area contributed by atoms with E-state index in [-0.39, 0.29) is 43.9 Å². The van der Waals surface area contributed by atoms with E-state index >= 15 is 0 Å². The highest BCUT2D eigenvalue weighted by molar-refractivity contribution is 6.44. The van der Waals surface area contributed by atoms with Crippen molar-refractivity contribution in [3.05, 3.63) is 68.1 Å². The zero-order valence-electron chi connectivity index (χ0n) is 29.0. The standard InChI is InChI=1S/C17H20Cl2N4O4.C16H18Cl2N4O4.ClH/c1-25-14(24)10-27-9-8-26-7-3-6-13-21-17(20)16(23-22-13)11-4-2-5-12(18)15(11)19;17-11-4-1-3-10(14(11)18)15-16(19)20-12(21-22-15)5-2-6-25-7-8-26-9-13(23)24;/h2,4-5H,3,6-10H2,1H3,(H2,20,21,22);1,3-4H,2,5-9H2,(H,23,24)(H2,19,20,21);1H. The summed E-state index contributed by atoms with van der Waals surface area (Å²) in [7, 11) is 1.31. The number of aryl methyl sites for hydroxylation is 2. The van der Waals surface area contributed by atoms with Gasteiger partial charge in [-0.1, -0.05) is 70.7 Å². The Bertz CT molecular complexity index is 1800. The van der Waals surface area contributed by atoms with Gasteiger partial charge in [0.15, 0.2) is 23.3 Å². The molecule has 0 saturated heterocycles. The monoisotopic (exact) mass is 850 g/mol. The average Bonchev–Trinajstić information content (AvgIpc) is 3.13. The number of rotatable bonds is 20. The van der Waals surface area contributed by atoms with Crippen molar-refractivity contribution < 1.29 is 38.4 Å². The average molecular weight is 853 g/mol. The maximum absolute atomic E-state index is 10.8. The topological polar surface area (TPSA) is 230 Å². The van der Waals surface area contributed by atoms with Crippen LogP contribution in [0.2, 0.25) is 20.1 Å². The summed E-state index contributed by atoms with van der Waals surface area (Å²) in [6, 6.07) is 10.4. The molecule has 294 valence electrons. The number of esters is 1. The van der Waals surface area contributed by atoms with E-state index in [9.17, 15) is 9.59 Å². The van der Waals surface area contributed by atoms with E-state index in [1.165, 1.54) is 7.11 Å². The number of carbonyl (C=O) groups excluding carboxylic acids is 1. The van der Waals surface area contributed by atoms with Crippen LogP contribution in [0, 0.1) is 0 Å². The van der Waals surface area contributed by atoms with Crippen LogP contribution in [0.5, 0.6) is 0 Å². The highest BCUT2D eigenvalue weighted by atomic mass is 35.5. The van der Waals surface area contributed by atoms with Gasteiger partial charge in [0.05, 0.1) is 53.6 Å². The fourth-order valence-electron chi connectivity index (χ4n) is 4.19. The van der Waals surface area contributed by atoms with E-state index in [4.69, 9.17) is 81.9 Å². The number of nitrogens with two attached hydrogens (primary N) is 2. The molecule has 2 aromatic carbocycles. The summed E-state index contributed by atoms with van der Waals surface area (Å²) in [6.07, 6.45) is 2.45. The number of hydrogen-bond acceptors (Lipinski definition) is 15. The first-order chi connectivity index (χ1) is 25.5. The van der Waals surface area contributed by atoms with Gasteiger partial charge in [-0.2, -0.15) is 0 Å². The number of carboxylic acid groups (broad SMARTS) is 1. The maximum atomic E-state index is 10.8. The van der Waals surface area contributed by atoms with Crippen LogP contribution < -0.4 is 11.5 Å². The van der Waals surface area contributed by atoms with Crippen LogP contribution in [0.25, 0.3) is 22.5 Å². The summed E-state index contributed by atoms with van der Waals surface area (Å²) >= 11 is 24.4. The molecule has 2 aromatic heterocycles. The molecule has 4 aromatic rings. The van der Waals surface area contributed by atoms with Crippen molar-refractivity contribution in [3.8, 4) is 22.5 Å². The lowest BCUT2D eigenvalue weighted by Crippen LogP contribution is -2.14. The second-order valence-corrected chi connectivity index (χ2v) is 12.2. The Morgan fingerprint density at radius 1 is 0.648 bits per heavy atom. The molecular weight excluding hydrogens is 814 g/mol. The van der Waals surface area contributed by atoms with Crippen molar-refractivity contribution >= 4 is 82.4 Å². The van der Waals surface area contributed by atoms with Crippen LogP contribution in [0.4, 0.5) is 11.6 Å². The number of hydrogen-bond donors (Lipinski definition) is 3. The lowest BCUT2D eigenvalue weighted by molar-refractivity contribution is -0.146. The molecule has 0 radical (unpaired) electrons. The molecule has 0 amide bonds. The molecule has 4 rings (SSSR count). The normalized spacial score (nSPS) is 10.6. The Morgan fingerprint density at radius 3 is 1.48 bits per heavy atom. The third-order valence-corrected chi connectivity index (χ3v) is 8.36. The number of benzene rings is 2. The number of ether oxygens (including phenoxy) is 5. The van der Waals surface area contributed by atoms with E-state index < -0.39 is 11.9 Å². The van der Waals surface area contributed by atoms with Gasteiger partial charge in [0.25, 0.3) is 0 Å². The van der Waals surface area contributed by atoms with Gasteiger partial charge in [-0.3, -0.25) is 0 Å². The number of halogens is 5. The van der Waals surface area contributed by atoms with Crippen molar-refractivity contribution in [3.63, 3.8) is 0 Å². The molecule has 0 fully saturated rings. The predicted molar refractivity (Wildman–Crippen MR) is 206 cm³/mol. The van der Waals surface area contributed by atoms with Crippen LogP contribution >= 0.6 is 58.8 Å². The second kappa shape index (κ2) is 25.4. The molecule has 5 N–H and O–H groups in total. The van der Waals surface area contributed by atoms with E-state index in [0.29, 0.717) is 113 Å². The molecule has 0 unspecified atom stereocenters. The second-order valence-electron chi connectivity index (χ2n) is 10.6. The molecule has 2 heterocycles. The first kappa shape index (κ1) is 46.4. The van der Waals surface area contributed by atoms with Crippen LogP contribution in [-0.2, 0) is 46.1 Å². The predicted octanol–water partition coefficient (Wildman–Crippen LogP) is 5.47. The molecule has 0 aliphatic carbocycles. The van der Waals surface area contributed by atoms with Gasteiger partial charge >= 0.3 is 11.9 Å². The van der Waals surface area contributed by atoms with E-state index in [1.54, 1.807) is 36.4 Å². The number of carbonyl (C=O) groups is 2. The number of carboxylic acids is 1. The highest BCUT2D eigenvalue weighted by Crippen LogP contribution is 2.35. The number of aliphatic carboxylic acids is 1. The lowest BCUT2D eigenvalue weighted by Gasteiger charge is -2.08. The van der Waals surface area contributed by atoms with E-state index in [0.717, 1.165) is 0 Å². The van der Waals surface area contributed by atoms with Gasteiger partial charge in [-0.15, -0.1) is 32.8 Å². The molecule has 16 nitrogen and oxygen atoms in total. The fraction of sp³-hybridized carbons (Fsp3) is 0.394. The molecule has 0 bridgehead atoms. The number of nitrogen functional groups attached to an aromatic ring is 2. The third kappa shape index (κ3) is 15.9. The minimum Gasteiger partial charge on any atom is -0.480 e. The number of nitrogens with zero attached hydrogens (tertiary/aromatic N) is 6. The van der Waals surface area contributed by atoms with Crippen molar-refractivity contribution in [2.75, 3.05) is 71.4 Å². The third-order valence-electron chi connectivity index (χ3n) is 6.72. The van der Waals surface area contributed by atoms with Gasteiger partial charge in [-0.25, -0.2) is 19.6 Å². The van der Waals surface area contributed by atoms with E-state index in [2.05, 4.69) is 35.1 Å². The minimum atomic E-state index is -1.00. The van der Waals surface area contributed by atoms with Crippen molar-refractivity contribution in [1.29, 1.82) is 0 Å². The van der Waals surface area contributed by atoms with Gasteiger partial charge in [0, 0.05) is 37.2 Å². The molecule has 21 heteroatoms. The smallest absolute Gasteiger partial charge is 0.331 e. The largest absolute Gasteiger partial charge is 0.480 e. The number of methoxy groups -OCH3 is 1. The van der Waals surface area contributed by atoms with Gasteiger partial charge in [0.2, 0.25) is 0 Å². The summed E-state index contributed by atoms with van der Waals surface area (Å²) in [6.45, 7) is 1.79. The Balaban J connectivity index is 0.000000367. The molecule has 0 saturated carbocycles. The summed E-state index contributed by atoms with van der Waals surface area (Å²) in [5.74, 6) is 0.0491. The Labute approximate surface area is 337 Å².